The summed E-state index contributed by atoms with van der Waals surface area (Å²) >= 11 is 1.57. The van der Waals surface area contributed by atoms with Crippen molar-refractivity contribution >= 4 is 11.5 Å². The molecule has 17 heavy (non-hydrogen) atoms. The van der Waals surface area contributed by atoms with Crippen LogP contribution in [-0.4, -0.2) is 16.1 Å². The SMILES string of the molecule is CCCc1nnsc1C(CCC(C)C)NCC. The number of aromatic nitrogens is 2. The fraction of sp³-hybridized carbons (Fsp3) is 0.846. The molecule has 1 aromatic rings. The fourth-order valence-electron chi connectivity index (χ4n) is 1.96. The van der Waals surface area contributed by atoms with E-state index in [4.69, 9.17) is 0 Å². The van der Waals surface area contributed by atoms with Crippen molar-refractivity contribution in [3.63, 3.8) is 0 Å². The molecular formula is C13H25N3S. The van der Waals surface area contributed by atoms with Crippen molar-refractivity contribution in [3.05, 3.63) is 10.6 Å². The van der Waals surface area contributed by atoms with E-state index in [1.807, 2.05) is 0 Å². The van der Waals surface area contributed by atoms with E-state index in [-0.39, 0.29) is 0 Å². The standard InChI is InChI=1S/C13H25N3S/c1-5-7-12-13(17-16-15-12)11(14-6-2)9-8-10(3)4/h10-11,14H,5-9H2,1-4H3. The molecule has 1 aromatic heterocycles. The largest absolute Gasteiger partial charge is 0.309 e. The second-order valence-corrected chi connectivity index (χ2v) is 5.70. The number of aryl methyl sites for hydroxylation is 1. The summed E-state index contributed by atoms with van der Waals surface area (Å²) in [4.78, 5) is 1.36. The van der Waals surface area contributed by atoms with Gasteiger partial charge in [-0.2, -0.15) is 0 Å². The van der Waals surface area contributed by atoms with Gasteiger partial charge in [-0.25, -0.2) is 0 Å². The van der Waals surface area contributed by atoms with Gasteiger partial charge >= 0.3 is 0 Å². The van der Waals surface area contributed by atoms with Gasteiger partial charge in [-0.05, 0) is 43.3 Å². The van der Waals surface area contributed by atoms with E-state index in [1.54, 1.807) is 11.5 Å². The summed E-state index contributed by atoms with van der Waals surface area (Å²) in [5.74, 6) is 0.756. The fourth-order valence-corrected chi connectivity index (χ4v) is 2.77. The number of rotatable bonds is 8. The smallest absolute Gasteiger partial charge is 0.0803 e. The van der Waals surface area contributed by atoms with E-state index in [9.17, 15) is 0 Å². The molecule has 0 bridgehead atoms. The van der Waals surface area contributed by atoms with E-state index in [0.29, 0.717) is 6.04 Å². The first-order valence-electron chi connectivity index (χ1n) is 6.73. The zero-order valence-electron chi connectivity index (χ0n) is 11.5. The van der Waals surface area contributed by atoms with Gasteiger partial charge in [0.25, 0.3) is 0 Å². The van der Waals surface area contributed by atoms with Crippen LogP contribution in [0, 0.1) is 5.92 Å². The van der Waals surface area contributed by atoms with E-state index < -0.39 is 0 Å². The zero-order valence-corrected chi connectivity index (χ0v) is 12.3. The Morgan fingerprint density at radius 3 is 2.59 bits per heavy atom. The van der Waals surface area contributed by atoms with Crippen molar-refractivity contribution in [2.24, 2.45) is 5.92 Å². The van der Waals surface area contributed by atoms with Gasteiger partial charge < -0.3 is 5.32 Å². The lowest BCUT2D eigenvalue weighted by atomic mass is 10.0. The Balaban J connectivity index is 2.70. The van der Waals surface area contributed by atoms with Crippen LogP contribution in [0.3, 0.4) is 0 Å². The van der Waals surface area contributed by atoms with Crippen LogP contribution in [0.4, 0.5) is 0 Å². The monoisotopic (exact) mass is 255 g/mol. The third-order valence-corrected chi connectivity index (χ3v) is 3.75. The molecule has 1 atom stereocenters. The summed E-state index contributed by atoms with van der Waals surface area (Å²) < 4.78 is 4.12. The first-order valence-corrected chi connectivity index (χ1v) is 7.50. The van der Waals surface area contributed by atoms with Crippen molar-refractivity contribution in [2.45, 2.75) is 59.4 Å². The van der Waals surface area contributed by atoms with Crippen LogP contribution in [0.15, 0.2) is 0 Å². The van der Waals surface area contributed by atoms with Gasteiger partial charge in [-0.1, -0.05) is 38.6 Å². The molecule has 0 aliphatic heterocycles. The highest BCUT2D eigenvalue weighted by atomic mass is 32.1. The average Bonchev–Trinajstić information content (AvgIpc) is 2.73. The summed E-state index contributed by atoms with van der Waals surface area (Å²) in [5, 5.41) is 7.83. The van der Waals surface area contributed by atoms with Gasteiger partial charge in [-0.15, -0.1) is 5.10 Å². The van der Waals surface area contributed by atoms with Gasteiger partial charge in [0.2, 0.25) is 0 Å². The number of nitrogens with zero attached hydrogens (tertiary/aromatic N) is 2. The van der Waals surface area contributed by atoms with Crippen molar-refractivity contribution < 1.29 is 0 Å². The Labute approximate surface area is 109 Å². The highest BCUT2D eigenvalue weighted by molar-refractivity contribution is 7.05. The minimum atomic E-state index is 0.448. The quantitative estimate of drug-likeness (QED) is 0.771. The van der Waals surface area contributed by atoms with E-state index in [0.717, 1.165) is 25.3 Å². The molecule has 1 unspecified atom stereocenters. The lowest BCUT2D eigenvalue weighted by Crippen LogP contribution is -2.21. The predicted octanol–water partition coefficient (Wildman–Crippen LogP) is 3.58. The molecule has 4 heteroatoms. The Hall–Kier alpha value is -0.480. The van der Waals surface area contributed by atoms with Crippen molar-refractivity contribution in [1.82, 2.24) is 14.9 Å². The first-order chi connectivity index (χ1) is 8.19. The molecule has 1 rings (SSSR count). The van der Waals surface area contributed by atoms with Crippen LogP contribution >= 0.6 is 11.5 Å². The molecule has 0 saturated heterocycles. The summed E-state index contributed by atoms with van der Waals surface area (Å²) in [6.45, 7) is 9.92. The van der Waals surface area contributed by atoms with E-state index in [2.05, 4.69) is 42.6 Å². The third kappa shape index (κ3) is 4.72. The molecule has 0 aliphatic rings. The number of hydrogen-bond donors (Lipinski definition) is 1. The van der Waals surface area contributed by atoms with Crippen LogP contribution in [0.25, 0.3) is 0 Å². The highest BCUT2D eigenvalue weighted by Gasteiger charge is 2.18. The molecule has 0 radical (unpaired) electrons. The molecule has 98 valence electrons. The van der Waals surface area contributed by atoms with E-state index >= 15 is 0 Å². The maximum absolute atomic E-state index is 4.26. The number of hydrogen-bond acceptors (Lipinski definition) is 4. The van der Waals surface area contributed by atoms with Gasteiger partial charge in [0, 0.05) is 6.04 Å². The lowest BCUT2D eigenvalue weighted by molar-refractivity contribution is 0.450. The molecule has 1 heterocycles. The van der Waals surface area contributed by atoms with Crippen molar-refractivity contribution in [1.29, 1.82) is 0 Å². The normalized spacial score (nSPS) is 13.2. The summed E-state index contributed by atoms with van der Waals surface area (Å²) in [6.07, 6.45) is 4.63. The molecule has 0 amide bonds. The maximum atomic E-state index is 4.26. The lowest BCUT2D eigenvalue weighted by Gasteiger charge is -2.18. The van der Waals surface area contributed by atoms with E-state index in [1.165, 1.54) is 23.4 Å². The van der Waals surface area contributed by atoms with Gasteiger partial charge in [0.1, 0.15) is 0 Å². The third-order valence-electron chi connectivity index (χ3n) is 2.87. The molecular weight excluding hydrogens is 230 g/mol. The minimum absolute atomic E-state index is 0.448. The molecule has 0 aliphatic carbocycles. The molecule has 1 N–H and O–H groups in total. The summed E-state index contributed by atoms with van der Waals surface area (Å²) in [7, 11) is 0. The Morgan fingerprint density at radius 2 is 2.00 bits per heavy atom. The molecule has 0 aromatic carbocycles. The summed E-state index contributed by atoms with van der Waals surface area (Å²) in [6, 6.07) is 0.448. The maximum Gasteiger partial charge on any atom is 0.0803 e. The molecule has 3 nitrogen and oxygen atoms in total. The summed E-state index contributed by atoms with van der Waals surface area (Å²) in [5.41, 5.74) is 1.20. The molecule has 0 saturated carbocycles. The van der Waals surface area contributed by atoms with Crippen LogP contribution in [0.5, 0.6) is 0 Å². The first kappa shape index (κ1) is 14.6. The average molecular weight is 255 g/mol. The topological polar surface area (TPSA) is 37.8 Å². The van der Waals surface area contributed by atoms with Crippen LogP contribution < -0.4 is 5.32 Å². The Morgan fingerprint density at radius 1 is 1.24 bits per heavy atom. The minimum Gasteiger partial charge on any atom is -0.309 e. The Kier molecular flexibility index (Phi) is 6.66. The van der Waals surface area contributed by atoms with Crippen LogP contribution in [0.2, 0.25) is 0 Å². The van der Waals surface area contributed by atoms with Crippen LogP contribution in [-0.2, 0) is 6.42 Å². The van der Waals surface area contributed by atoms with Crippen molar-refractivity contribution in [3.8, 4) is 0 Å². The number of nitrogens with one attached hydrogen (secondary N) is 1. The molecule has 0 fully saturated rings. The highest BCUT2D eigenvalue weighted by Crippen LogP contribution is 2.26. The van der Waals surface area contributed by atoms with Crippen LogP contribution in [0.1, 0.15) is 63.6 Å². The zero-order chi connectivity index (χ0) is 12.7. The predicted molar refractivity (Wildman–Crippen MR) is 74.4 cm³/mol. The second-order valence-electron chi connectivity index (χ2n) is 4.92. The van der Waals surface area contributed by atoms with Gasteiger partial charge in [-0.3, -0.25) is 0 Å². The Bertz CT molecular complexity index is 309. The molecule has 0 spiro atoms. The van der Waals surface area contributed by atoms with Gasteiger partial charge in [0.15, 0.2) is 0 Å². The second kappa shape index (κ2) is 7.77. The van der Waals surface area contributed by atoms with Crippen molar-refractivity contribution in [2.75, 3.05) is 6.54 Å². The van der Waals surface area contributed by atoms with Gasteiger partial charge in [0.05, 0.1) is 10.6 Å².